The highest BCUT2D eigenvalue weighted by Crippen LogP contribution is 2.37. The van der Waals surface area contributed by atoms with Crippen LogP contribution in [-0.2, 0) is 9.59 Å². The van der Waals surface area contributed by atoms with E-state index in [4.69, 9.17) is 0 Å². The molecule has 6 heteroatoms. The number of amides is 4. The Morgan fingerprint density at radius 2 is 1.95 bits per heavy atom. The maximum atomic E-state index is 12.2. The van der Waals surface area contributed by atoms with Crippen molar-refractivity contribution < 1.29 is 14.4 Å². The fraction of sp³-hybridized carbons (Fsp3) is 0.438. The Kier molecular flexibility index (Phi) is 4.09. The van der Waals surface area contributed by atoms with Crippen molar-refractivity contribution in [1.82, 2.24) is 16.0 Å². The van der Waals surface area contributed by atoms with Crippen LogP contribution in [0.15, 0.2) is 30.3 Å². The van der Waals surface area contributed by atoms with Crippen molar-refractivity contribution in [3.63, 3.8) is 0 Å². The minimum absolute atomic E-state index is 0.0254. The van der Waals surface area contributed by atoms with E-state index in [1.165, 1.54) is 6.42 Å². The first-order valence-corrected chi connectivity index (χ1v) is 7.59. The van der Waals surface area contributed by atoms with Crippen molar-refractivity contribution >= 4 is 17.8 Å². The second-order valence-electron chi connectivity index (χ2n) is 5.87. The van der Waals surface area contributed by atoms with Crippen molar-refractivity contribution in [3.05, 3.63) is 35.9 Å². The van der Waals surface area contributed by atoms with Crippen LogP contribution in [0.5, 0.6) is 0 Å². The minimum Gasteiger partial charge on any atom is -0.349 e. The molecule has 0 unspecified atom stereocenters. The molecule has 1 heterocycles. The molecular formula is C16H19N3O3. The number of carbonyl (C=O) groups is 3. The average Bonchev–Trinajstić information content (AvgIpc) is 2.75. The summed E-state index contributed by atoms with van der Waals surface area (Å²) in [7, 11) is 0. The molecule has 0 spiro atoms. The lowest BCUT2D eigenvalue weighted by Gasteiger charge is -2.34. The van der Waals surface area contributed by atoms with E-state index >= 15 is 0 Å². The van der Waals surface area contributed by atoms with Crippen molar-refractivity contribution in [1.29, 1.82) is 0 Å². The molecule has 3 N–H and O–H groups in total. The lowest BCUT2D eigenvalue weighted by atomic mass is 9.77. The quantitative estimate of drug-likeness (QED) is 0.715. The largest absolute Gasteiger partial charge is 0.349 e. The van der Waals surface area contributed by atoms with Gasteiger partial charge in [0, 0.05) is 0 Å². The van der Waals surface area contributed by atoms with Gasteiger partial charge in [0.1, 0.15) is 6.04 Å². The van der Waals surface area contributed by atoms with E-state index in [0.717, 1.165) is 18.4 Å². The number of carbonyl (C=O) groups excluding carboxylic acids is 3. The first-order chi connectivity index (χ1) is 10.6. The van der Waals surface area contributed by atoms with Gasteiger partial charge in [-0.1, -0.05) is 36.8 Å². The number of imide groups is 1. The molecule has 22 heavy (non-hydrogen) atoms. The lowest BCUT2D eigenvalue weighted by molar-refractivity contribution is -0.127. The van der Waals surface area contributed by atoms with Gasteiger partial charge in [0.15, 0.2) is 0 Å². The number of benzene rings is 1. The predicted molar refractivity (Wildman–Crippen MR) is 79.7 cm³/mol. The summed E-state index contributed by atoms with van der Waals surface area (Å²) in [6, 6.07) is 8.53. The van der Waals surface area contributed by atoms with E-state index in [1.807, 2.05) is 30.3 Å². The van der Waals surface area contributed by atoms with E-state index in [9.17, 15) is 14.4 Å². The third kappa shape index (κ3) is 3.10. The third-order valence-electron chi connectivity index (χ3n) is 4.34. The van der Waals surface area contributed by atoms with Gasteiger partial charge >= 0.3 is 6.03 Å². The lowest BCUT2D eigenvalue weighted by Crippen LogP contribution is -2.40. The number of hydrogen-bond acceptors (Lipinski definition) is 3. The van der Waals surface area contributed by atoms with Crippen LogP contribution in [0, 0.1) is 5.92 Å². The molecule has 0 radical (unpaired) electrons. The van der Waals surface area contributed by atoms with Gasteiger partial charge < -0.3 is 10.6 Å². The van der Waals surface area contributed by atoms with Crippen molar-refractivity contribution in [3.8, 4) is 0 Å². The highest BCUT2D eigenvalue weighted by atomic mass is 16.2. The maximum Gasteiger partial charge on any atom is 0.322 e. The maximum absolute atomic E-state index is 12.2. The standard InChI is InChI=1S/C16H19N3O3/c20-13(9-12-15(21)19-16(22)17-12)18-14(11-7-4-8-11)10-5-2-1-3-6-10/h1-3,5-6,11-12,14H,4,7-9H2,(H,18,20)(H2,17,19,21,22)/t12-,14+/m0/s1. The Hall–Kier alpha value is -2.37. The van der Waals surface area contributed by atoms with Crippen molar-refractivity contribution in [2.75, 3.05) is 0 Å². The Morgan fingerprint density at radius 3 is 2.50 bits per heavy atom. The van der Waals surface area contributed by atoms with E-state index < -0.39 is 18.0 Å². The Balaban J connectivity index is 1.64. The number of rotatable bonds is 5. The van der Waals surface area contributed by atoms with Gasteiger partial charge in [-0.25, -0.2) is 4.79 Å². The summed E-state index contributed by atoms with van der Waals surface area (Å²) in [5.74, 6) is -0.221. The van der Waals surface area contributed by atoms with Gasteiger partial charge in [0.2, 0.25) is 5.91 Å². The third-order valence-corrected chi connectivity index (χ3v) is 4.34. The van der Waals surface area contributed by atoms with Crippen LogP contribution in [0.2, 0.25) is 0 Å². The second-order valence-corrected chi connectivity index (χ2v) is 5.87. The van der Waals surface area contributed by atoms with Gasteiger partial charge in [-0.05, 0) is 24.3 Å². The molecule has 116 valence electrons. The zero-order valence-electron chi connectivity index (χ0n) is 12.2. The molecule has 2 fully saturated rings. The number of urea groups is 1. The van der Waals surface area contributed by atoms with Gasteiger partial charge in [0.25, 0.3) is 5.91 Å². The van der Waals surface area contributed by atoms with Crippen LogP contribution in [0.4, 0.5) is 4.79 Å². The smallest absolute Gasteiger partial charge is 0.322 e. The summed E-state index contributed by atoms with van der Waals surface area (Å²) >= 11 is 0. The topological polar surface area (TPSA) is 87.3 Å². The van der Waals surface area contributed by atoms with Gasteiger partial charge in [-0.2, -0.15) is 0 Å². The molecule has 2 aliphatic rings. The first-order valence-electron chi connectivity index (χ1n) is 7.59. The zero-order chi connectivity index (χ0) is 15.5. The van der Waals surface area contributed by atoms with Crippen LogP contribution in [0.25, 0.3) is 0 Å². The summed E-state index contributed by atoms with van der Waals surface area (Å²) in [5, 5.41) is 7.60. The van der Waals surface area contributed by atoms with Crippen molar-refractivity contribution in [2.24, 2.45) is 5.92 Å². The fourth-order valence-corrected chi connectivity index (χ4v) is 2.93. The molecule has 3 rings (SSSR count). The molecule has 0 bridgehead atoms. The molecule has 0 aromatic heterocycles. The minimum atomic E-state index is -0.773. The van der Waals surface area contributed by atoms with Gasteiger partial charge in [0.05, 0.1) is 12.5 Å². The highest BCUT2D eigenvalue weighted by molar-refractivity contribution is 6.05. The number of nitrogens with one attached hydrogen (secondary N) is 3. The Morgan fingerprint density at radius 1 is 1.23 bits per heavy atom. The van der Waals surface area contributed by atoms with Crippen LogP contribution in [-0.4, -0.2) is 23.9 Å². The average molecular weight is 301 g/mol. The molecule has 1 aliphatic carbocycles. The summed E-state index contributed by atoms with van der Waals surface area (Å²) in [4.78, 5) is 34.8. The SMILES string of the molecule is O=C(C[C@@H]1NC(=O)NC1=O)N[C@H](c1ccccc1)C1CCC1. The summed E-state index contributed by atoms with van der Waals surface area (Å²) in [6.07, 6.45) is 3.35. The van der Waals surface area contributed by atoms with Crippen LogP contribution in [0.3, 0.4) is 0 Å². The molecule has 2 atom stereocenters. The molecule has 4 amide bonds. The van der Waals surface area contributed by atoms with Crippen LogP contribution >= 0.6 is 0 Å². The highest BCUT2D eigenvalue weighted by Gasteiger charge is 2.34. The predicted octanol–water partition coefficient (Wildman–Crippen LogP) is 1.24. The van der Waals surface area contributed by atoms with Crippen LogP contribution in [0.1, 0.15) is 37.3 Å². The molecule has 1 saturated carbocycles. The summed E-state index contributed by atoms with van der Waals surface area (Å²) in [5.41, 5.74) is 1.08. The monoisotopic (exact) mass is 301 g/mol. The van der Waals surface area contributed by atoms with E-state index in [2.05, 4.69) is 16.0 Å². The van der Waals surface area contributed by atoms with Crippen LogP contribution < -0.4 is 16.0 Å². The molecule has 6 nitrogen and oxygen atoms in total. The van der Waals surface area contributed by atoms with Crippen molar-refractivity contribution in [2.45, 2.75) is 37.8 Å². The molecule has 1 aromatic carbocycles. The normalized spacial score (nSPS) is 22.5. The molecule has 1 aromatic rings. The number of hydrogen-bond donors (Lipinski definition) is 3. The zero-order valence-corrected chi connectivity index (χ0v) is 12.2. The Bertz CT molecular complexity index is 584. The molecule has 1 aliphatic heterocycles. The van der Waals surface area contributed by atoms with E-state index in [0.29, 0.717) is 5.92 Å². The Labute approximate surface area is 128 Å². The van der Waals surface area contributed by atoms with E-state index in [1.54, 1.807) is 0 Å². The second kappa shape index (κ2) is 6.17. The molecule has 1 saturated heterocycles. The first kappa shape index (κ1) is 14.6. The summed E-state index contributed by atoms with van der Waals surface area (Å²) in [6.45, 7) is 0. The van der Waals surface area contributed by atoms with Gasteiger partial charge in [-0.15, -0.1) is 0 Å². The molecular weight excluding hydrogens is 282 g/mol. The summed E-state index contributed by atoms with van der Waals surface area (Å²) < 4.78 is 0. The fourth-order valence-electron chi connectivity index (χ4n) is 2.93. The van der Waals surface area contributed by atoms with E-state index in [-0.39, 0.29) is 18.4 Å². The van der Waals surface area contributed by atoms with Gasteiger partial charge in [-0.3, -0.25) is 14.9 Å².